The Bertz CT molecular complexity index is 711. The average molecular weight is 367 g/mol. The molecule has 1 saturated heterocycles. The van der Waals surface area contributed by atoms with E-state index in [0.717, 1.165) is 68.9 Å². The molecule has 1 unspecified atom stereocenters. The van der Waals surface area contributed by atoms with Gasteiger partial charge in [-0.3, -0.25) is 4.79 Å². The van der Waals surface area contributed by atoms with Crippen LogP contribution >= 0.6 is 0 Å². The average Bonchev–Trinajstić information content (AvgIpc) is 2.74. The van der Waals surface area contributed by atoms with Gasteiger partial charge in [0.15, 0.2) is 5.82 Å². The summed E-state index contributed by atoms with van der Waals surface area (Å²) in [6.07, 6.45) is 4.00. The summed E-state index contributed by atoms with van der Waals surface area (Å²) in [7, 11) is 0. The normalized spacial score (nSPS) is 17.0. The summed E-state index contributed by atoms with van der Waals surface area (Å²) >= 11 is 0. The second-order valence-corrected chi connectivity index (χ2v) is 7.25. The van der Waals surface area contributed by atoms with Crippen LogP contribution in [0, 0.1) is 5.92 Å². The first-order valence-corrected chi connectivity index (χ1v) is 10.2. The zero-order valence-corrected chi connectivity index (χ0v) is 16.5. The van der Waals surface area contributed by atoms with Gasteiger partial charge in [-0.25, -0.2) is 0 Å². The maximum absolute atomic E-state index is 13.0. The molecule has 5 heteroatoms. The molecule has 2 aromatic rings. The van der Waals surface area contributed by atoms with Gasteiger partial charge in [-0.15, -0.1) is 10.2 Å². The van der Waals surface area contributed by atoms with Crippen LogP contribution in [0.1, 0.15) is 39.5 Å². The first-order valence-electron chi connectivity index (χ1n) is 10.2. The van der Waals surface area contributed by atoms with E-state index in [1.54, 1.807) is 0 Å². The minimum Gasteiger partial charge on any atom is -0.354 e. The number of anilines is 1. The van der Waals surface area contributed by atoms with Crippen molar-refractivity contribution < 1.29 is 4.79 Å². The SMILES string of the molecule is CCCN(CCC)C(=O)C1CCCN(c2ccc(-c3ccccc3)nn2)C1. The first-order chi connectivity index (χ1) is 13.2. The number of hydrogen-bond acceptors (Lipinski definition) is 4. The Hall–Kier alpha value is -2.43. The second kappa shape index (κ2) is 9.49. The van der Waals surface area contributed by atoms with Crippen LogP contribution in [0.3, 0.4) is 0 Å². The second-order valence-electron chi connectivity index (χ2n) is 7.25. The van der Waals surface area contributed by atoms with E-state index in [-0.39, 0.29) is 5.92 Å². The van der Waals surface area contributed by atoms with Gasteiger partial charge in [0, 0.05) is 31.7 Å². The maximum atomic E-state index is 13.0. The van der Waals surface area contributed by atoms with Crippen molar-refractivity contribution >= 4 is 11.7 Å². The van der Waals surface area contributed by atoms with Crippen molar-refractivity contribution in [2.75, 3.05) is 31.1 Å². The Kier molecular flexibility index (Phi) is 6.80. The zero-order chi connectivity index (χ0) is 19.1. The van der Waals surface area contributed by atoms with E-state index in [1.165, 1.54) is 0 Å². The van der Waals surface area contributed by atoms with Gasteiger partial charge in [0.25, 0.3) is 0 Å². The molecule has 1 amide bonds. The van der Waals surface area contributed by atoms with Crippen LogP contribution in [0.4, 0.5) is 5.82 Å². The minimum absolute atomic E-state index is 0.0625. The van der Waals surface area contributed by atoms with Crippen LogP contribution in [0.15, 0.2) is 42.5 Å². The molecule has 0 bridgehead atoms. The molecule has 0 saturated carbocycles. The molecule has 1 aromatic heterocycles. The monoisotopic (exact) mass is 366 g/mol. The highest BCUT2D eigenvalue weighted by Crippen LogP contribution is 2.24. The molecule has 144 valence electrons. The van der Waals surface area contributed by atoms with Gasteiger partial charge < -0.3 is 9.80 Å². The van der Waals surface area contributed by atoms with Crippen molar-refractivity contribution in [1.29, 1.82) is 0 Å². The lowest BCUT2D eigenvalue weighted by Gasteiger charge is -2.35. The third-order valence-corrected chi connectivity index (χ3v) is 5.11. The number of carbonyl (C=O) groups is 1. The number of piperidine rings is 1. The van der Waals surface area contributed by atoms with Crippen molar-refractivity contribution in [3.8, 4) is 11.3 Å². The summed E-state index contributed by atoms with van der Waals surface area (Å²) in [5.41, 5.74) is 1.94. The number of nitrogens with zero attached hydrogens (tertiary/aromatic N) is 4. The Morgan fingerprint density at radius 3 is 2.44 bits per heavy atom. The van der Waals surface area contributed by atoms with E-state index in [2.05, 4.69) is 28.9 Å². The summed E-state index contributed by atoms with van der Waals surface area (Å²) in [4.78, 5) is 17.2. The van der Waals surface area contributed by atoms with Gasteiger partial charge in [0.2, 0.25) is 5.91 Å². The number of aromatic nitrogens is 2. The van der Waals surface area contributed by atoms with E-state index in [4.69, 9.17) is 0 Å². The lowest BCUT2D eigenvalue weighted by Crippen LogP contribution is -2.45. The fraction of sp³-hybridized carbons (Fsp3) is 0.500. The third-order valence-electron chi connectivity index (χ3n) is 5.11. The van der Waals surface area contributed by atoms with Gasteiger partial charge >= 0.3 is 0 Å². The van der Waals surface area contributed by atoms with Gasteiger partial charge in [0.05, 0.1) is 11.6 Å². The molecule has 0 spiro atoms. The summed E-state index contributed by atoms with van der Waals surface area (Å²) in [5, 5.41) is 8.84. The first kappa shape index (κ1) is 19.3. The molecule has 27 heavy (non-hydrogen) atoms. The Morgan fingerprint density at radius 2 is 1.81 bits per heavy atom. The molecular weight excluding hydrogens is 336 g/mol. The number of rotatable bonds is 7. The van der Waals surface area contributed by atoms with Crippen LogP contribution in [-0.2, 0) is 4.79 Å². The molecule has 1 aromatic carbocycles. The lowest BCUT2D eigenvalue weighted by atomic mass is 9.96. The standard InChI is InChI=1S/C22H30N4O/c1-3-14-25(15-4-2)22(27)19-11-8-16-26(17-19)21-13-12-20(23-24-21)18-9-6-5-7-10-18/h5-7,9-10,12-13,19H,3-4,8,11,14-17H2,1-2H3. The quantitative estimate of drug-likeness (QED) is 0.743. The van der Waals surface area contributed by atoms with E-state index < -0.39 is 0 Å². The topological polar surface area (TPSA) is 49.3 Å². The number of carbonyl (C=O) groups excluding carboxylic acids is 1. The van der Waals surface area contributed by atoms with Crippen molar-refractivity contribution in [2.45, 2.75) is 39.5 Å². The molecule has 0 N–H and O–H groups in total. The van der Waals surface area contributed by atoms with Gasteiger partial charge in [-0.05, 0) is 37.8 Å². The zero-order valence-electron chi connectivity index (χ0n) is 16.5. The van der Waals surface area contributed by atoms with Crippen LogP contribution in [0.2, 0.25) is 0 Å². The highest BCUT2D eigenvalue weighted by molar-refractivity contribution is 5.79. The largest absolute Gasteiger partial charge is 0.354 e. The molecule has 3 rings (SSSR count). The number of hydrogen-bond donors (Lipinski definition) is 0. The summed E-state index contributed by atoms with van der Waals surface area (Å²) < 4.78 is 0. The van der Waals surface area contributed by atoms with E-state index in [9.17, 15) is 4.79 Å². The van der Waals surface area contributed by atoms with Crippen LogP contribution < -0.4 is 4.90 Å². The van der Waals surface area contributed by atoms with Crippen molar-refractivity contribution in [2.24, 2.45) is 5.92 Å². The highest BCUT2D eigenvalue weighted by atomic mass is 16.2. The molecule has 0 aliphatic carbocycles. The molecule has 1 fully saturated rings. The Morgan fingerprint density at radius 1 is 1.07 bits per heavy atom. The van der Waals surface area contributed by atoms with Crippen LogP contribution in [0.5, 0.6) is 0 Å². The Balaban J connectivity index is 1.68. The van der Waals surface area contributed by atoms with Gasteiger partial charge in [-0.2, -0.15) is 0 Å². The fourth-order valence-corrected chi connectivity index (χ4v) is 3.77. The molecule has 2 heterocycles. The van der Waals surface area contributed by atoms with Crippen LogP contribution in [-0.4, -0.2) is 47.2 Å². The van der Waals surface area contributed by atoms with Crippen molar-refractivity contribution in [1.82, 2.24) is 15.1 Å². The van der Waals surface area contributed by atoms with E-state index >= 15 is 0 Å². The predicted octanol–water partition coefficient (Wildman–Crippen LogP) is 4.01. The van der Waals surface area contributed by atoms with E-state index in [1.807, 2.05) is 47.4 Å². The molecule has 0 radical (unpaired) electrons. The minimum atomic E-state index is 0.0625. The van der Waals surface area contributed by atoms with Gasteiger partial charge in [0.1, 0.15) is 0 Å². The molecule has 5 nitrogen and oxygen atoms in total. The van der Waals surface area contributed by atoms with Crippen molar-refractivity contribution in [3.63, 3.8) is 0 Å². The highest BCUT2D eigenvalue weighted by Gasteiger charge is 2.29. The summed E-state index contributed by atoms with van der Waals surface area (Å²) in [6.45, 7) is 7.65. The van der Waals surface area contributed by atoms with Crippen LogP contribution in [0.25, 0.3) is 11.3 Å². The smallest absolute Gasteiger partial charge is 0.227 e. The lowest BCUT2D eigenvalue weighted by molar-refractivity contribution is -0.135. The maximum Gasteiger partial charge on any atom is 0.227 e. The third kappa shape index (κ3) is 4.85. The summed E-state index contributed by atoms with van der Waals surface area (Å²) in [5.74, 6) is 1.23. The number of benzene rings is 1. The molecule has 1 atom stereocenters. The van der Waals surface area contributed by atoms with Gasteiger partial charge in [-0.1, -0.05) is 44.2 Å². The fourth-order valence-electron chi connectivity index (χ4n) is 3.77. The molecule has 1 aliphatic rings. The van der Waals surface area contributed by atoms with Crippen molar-refractivity contribution in [3.05, 3.63) is 42.5 Å². The van der Waals surface area contributed by atoms with E-state index in [0.29, 0.717) is 5.91 Å². The molecular formula is C22H30N4O. The molecule has 1 aliphatic heterocycles. The predicted molar refractivity (Wildman–Crippen MR) is 110 cm³/mol. The Labute approximate surface area is 162 Å². The summed E-state index contributed by atoms with van der Waals surface area (Å²) in [6, 6.07) is 14.1. The number of amides is 1.